The fraction of sp³-hybridized carbons (Fsp3) is 0.455. The van der Waals surface area contributed by atoms with E-state index in [1.165, 1.54) is 0 Å². The molecule has 0 spiro atoms. The Morgan fingerprint density at radius 2 is 2.00 bits per heavy atom. The van der Waals surface area contributed by atoms with Crippen molar-refractivity contribution >= 4 is 11.9 Å². The lowest BCUT2D eigenvalue weighted by Gasteiger charge is -2.26. The second-order valence-corrected chi connectivity index (χ2v) is 4.28. The van der Waals surface area contributed by atoms with Crippen LogP contribution in [-0.4, -0.2) is 50.8 Å². The van der Waals surface area contributed by atoms with E-state index >= 15 is 0 Å². The molecular formula is C11H15N7O. The third-order valence-electron chi connectivity index (χ3n) is 2.96. The standard InChI is InChI=1S/C11H15N7O/c1-17-3-2-13-9(17)8-14-10(12)16-11(15-8)18-4-6-19-7-5-18/h2-3H,4-7H2,1H3,(H2,12,14,15,16). The Bertz CT molecular complexity index is 576. The molecule has 0 unspecified atom stereocenters. The lowest BCUT2D eigenvalue weighted by molar-refractivity contribution is 0.122. The maximum Gasteiger partial charge on any atom is 0.230 e. The van der Waals surface area contributed by atoms with Gasteiger partial charge in [0.1, 0.15) is 0 Å². The summed E-state index contributed by atoms with van der Waals surface area (Å²) in [6, 6.07) is 0. The van der Waals surface area contributed by atoms with Crippen LogP contribution in [-0.2, 0) is 11.8 Å². The van der Waals surface area contributed by atoms with Gasteiger partial charge in [0, 0.05) is 32.5 Å². The molecule has 0 amide bonds. The quantitative estimate of drug-likeness (QED) is 0.792. The van der Waals surface area contributed by atoms with E-state index in [9.17, 15) is 0 Å². The largest absolute Gasteiger partial charge is 0.378 e. The first kappa shape index (κ1) is 11.8. The molecule has 100 valence electrons. The van der Waals surface area contributed by atoms with Crippen molar-refractivity contribution in [1.29, 1.82) is 0 Å². The molecule has 19 heavy (non-hydrogen) atoms. The van der Waals surface area contributed by atoms with Crippen LogP contribution < -0.4 is 10.6 Å². The summed E-state index contributed by atoms with van der Waals surface area (Å²) in [7, 11) is 1.89. The highest BCUT2D eigenvalue weighted by molar-refractivity contribution is 5.50. The molecule has 2 aromatic rings. The van der Waals surface area contributed by atoms with Crippen molar-refractivity contribution in [2.75, 3.05) is 36.9 Å². The molecule has 1 saturated heterocycles. The van der Waals surface area contributed by atoms with Crippen molar-refractivity contribution in [3.63, 3.8) is 0 Å². The first-order valence-electron chi connectivity index (χ1n) is 6.06. The highest BCUT2D eigenvalue weighted by Crippen LogP contribution is 2.17. The average Bonchev–Trinajstić information content (AvgIpc) is 2.85. The van der Waals surface area contributed by atoms with Crippen LogP contribution in [0.2, 0.25) is 0 Å². The number of hydrogen-bond acceptors (Lipinski definition) is 7. The van der Waals surface area contributed by atoms with Crippen LogP contribution in [0.4, 0.5) is 11.9 Å². The van der Waals surface area contributed by atoms with Gasteiger partial charge in [0.05, 0.1) is 13.2 Å². The van der Waals surface area contributed by atoms with Gasteiger partial charge in [-0.1, -0.05) is 0 Å². The number of nitrogens with zero attached hydrogens (tertiary/aromatic N) is 6. The number of imidazole rings is 1. The number of aryl methyl sites for hydroxylation is 1. The highest BCUT2D eigenvalue weighted by Gasteiger charge is 2.17. The summed E-state index contributed by atoms with van der Waals surface area (Å²) in [5.74, 6) is 1.94. The van der Waals surface area contributed by atoms with Gasteiger partial charge in [-0.3, -0.25) is 0 Å². The predicted octanol–water partition coefficient (Wildman–Crippen LogP) is -0.309. The summed E-state index contributed by atoms with van der Waals surface area (Å²) in [4.78, 5) is 19.0. The second-order valence-electron chi connectivity index (χ2n) is 4.28. The average molecular weight is 261 g/mol. The van der Waals surface area contributed by atoms with E-state index in [1.54, 1.807) is 6.20 Å². The number of aromatic nitrogens is 5. The van der Waals surface area contributed by atoms with Crippen molar-refractivity contribution in [3.05, 3.63) is 12.4 Å². The lowest BCUT2D eigenvalue weighted by atomic mass is 10.4. The Morgan fingerprint density at radius 1 is 1.21 bits per heavy atom. The first-order chi connectivity index (χ1) is 9.24. The molecular weight excluding hydrogens is 246 g/mol. The molecule has 0 saturated carbocycles. The number of nitrogens with two attached hydrogens (primary N) is 1. The van der Waals surface area contributed by atoms with Crippen LogP contribution in [0.1, 0.15) is 0 Å². The van der Waals surface area contributed by atoms with Crippen LogP contribution >= 0.6 is 0 Å². The van der Waals surface area contributed by atoms with Crippen molar-refractivity contribution in [2.24, 2.45) is 7.05 Å². The molecule has 2 N–H and O–H groups in total. The third-order valence-corrected chi connectivity index (χ3v) is 2.96. The number of morpholine rings is 1. The van der Waals surface area contributed by atoms with Crippen LogP contribution in [0.25, 0.3) is 11.6 Å². The van der Waals surface area contributed by atoms with Crippen molar-refractivity contribution < 1.29 is 4.74 Å². The Morgan fingerprint density at radius 3 is 2.68 bits per heavy atom. The Hall–Kier alpha value is -2.22. The predicted molar refractivity (Wildman–Crippen MR) is 69.5 cm³/mol. The van der Waals surface area contributed by atoms with Crippen molar-refractivity contribution in [2.45, 2.75) is 0 Å². The minimum absolute atomic E-state index is 0.203. The number of anilines is 2. The first-order valence-corrected chi connectivity index (χ1v) is 6.06. The van der Waals surface area contributed by atoms with E-state index in [0.717, 1.165) is 13.1 Å². The molecule has 0 aromatic carbocycles. The van der Waals surface area contributed by atoms with Gasteiger partial charge < -0.3 is 19.9 Å². The van der Waals surface area contributed by atoms with Gasteiger partial charge in [-0.25, -0.2) is 4.98 Å². The summed E-state index contributed by atoms with van der Waals surface area (Å²) < 4.78 is 7.16. The molecule has 0 atom stereocenters. The number of nitrogen functional groups attached to an aromatic ring is 1. The molecule has 0 bridgehead atoms. The minimum Gasteiger partial charge on any atom is -0.378 e. The van der Waals surface area contributed by atoms with Gasteiger partial charge in [0.25, 0.3) is 0 Å². The topological polar surface area (TPSA) is 95.0 Å². The zero-order chi connectivity index (χ0) is 13.2. The third kappa shape index (κ3) is 2.34. The van der Waals surface area contributed by atoms with Crippen LogP contribution in [0, 0.1) is 0 Å². The lowest BCUT2D eigenvalue weighted by Crippen LogP contribution is -2.37. The Kier molecular flexibility index (Phi) is 3.00. The molecule has 1 fully saturated rings. The van der Waals surface area contributed by atoms with E-state index in [4.69, 9.17) is 10.5 Å². The van der Waals surface area contributed by atoms with Gasteiger partial charge in [-0.05, 0) is 0 Å². The normalized spacial score (nSPS) is 15.7. The van der Waals surface area contributed by atoms with E-state index in [-0.39, 0.29) is 5.95 Å². The SMILES string of the molecule is Cn1ccnc1-c1nc(N)nc(N2CCOCC2)n1. The summed E-state index contributed by atoms with van der Waals surface area (Å²) in [6.45, 7) is 2.85. The molecule has 3 heterocycles. The van der Waals surface area contributed by atoms with E-state index in [2.05, 4.69) is 19.9 Å². The fourth-order valence-corrected chi connectivity index (χ4v) is 1.97. The van der Waals surface area contributed by atoms with Gasteiger partial charge in [0.2, 0.25) is 17.7 Å². The molecule has 8 nitrogen and oxygen atoms in total. The fourth-order valence-electron chi connectivity index (χ4n) is 1.97. The zero-order valence-electron chi connectivity index (χ0n) is 10.7. The number of rotatable bonds is 2. The van der Waals surface area contributed by atoms with Gasteiger partial charge >= 0.3 is 0 Å². The zero-order valence-corrected chi connectivity index (χ0v) is 10.7. The molecule has 1 aliphatic rings. The Labute approximate surface area is 110 Å². The van der Waals surface area contributed by atoms with Crippen molar-refractivity contribution in [3.8, 4) is 11.6 Å². The van der Waals surface area contributed by atoms with E-state index in [0.29, 0.717) is 30.8 Å². The molecule has 2 aromatic heterocycles. The highest BCUT2D eigenvalue weighted by atomic mass is 16.5. The monoisotopic (exact) mass is 261 g/mol. The van der Waals surface area contributed by atoms with Crippen LogP contribution in [0.15, 0.2) is 12.4 Å². The number of ether oxygens (including phenoxy) is 1. The maximum absolute atomic E-state index is 5.77. The maximum atomic E-state index is 5.77. The Balaban J connectivity index is 1.98. The molecule has 0 aliphatic carbocycles. The van der Waals surface area contributed by atoms with Gasteiger partial charge in [-0.2, -0.15) is 15.0 Å². The summed E-state index contributed by atoms with van der Waals surface area (Å²) >= 11 is 0. The van der Waals surface area contributed by atoms with E-state index < -0.39 is 0 Å². The van der Waals surface area contributed by atoms with E-state index in [1.807, 2.05) is 22.7 Å². The number of hydrogen-bond donors (Lipinski definition) is 1. The van der Waals surface area contributed by atoms with Gasteiger partial charge in [0.15, 0.2) is 5.82 Å². The summed E-state index contributed by atoms with van der Waals surface area (Å²) in [5.41, 5.74) is 5.77. The second kappa shape index (κ2) is 4.81. The molecule has 3 rings (SSSR count). The van der Waals surface area contributed by atoms with Gasteiger partial charge in [-0.15, -0.1) is 0 Å². The van der Waals surface area contributed by atoms with Crippen molar-refractivity contribution in [1.82, 2.24) is 24.5 Å². The molecule has 1 aliphatic heterocycles. The minimum atomic E-state index is 0.203. The van der Waals surface area contributed by atoms with Crippen LogP contribution in [0.3, 0.4) is 0 Å². The molecule has 8 heteroatoms. The molecule has 0 radical (unpaired) electrons. The summed E-state index contributed by atoms with van der Waals surface area (Å²) in [6.07, 6.45) is 3.54. The summed E-state index contributed by atoms with van der Waals surface area (Å²) in [5, 5.41) is 0. The van der Waals surface area contributed by atoms with Crippen LogP contribution in [0.5, 0.6) is 0 Å². The smallest absolute Gasteiger partial charge is 0.230 e.